The summed E-state index contributed by atoms with van der Waals surface area (Å²) in [5.41, 5.74) is 1.08. The molecule has 0 heterocycles. The van der Waals surface area contributed by atoms with E-state index in [1.165, 1.54) is 0 Å². The van der Waals surface area contributed by atoms with E-state index in [0.29, 0.717) is 25.7 Å². The molecule has 0 aromatic rings. The first-order chi connectivity index (χ1) is 7.16. The second kappa shape index (κ2) is 10.1. The minimum Gasteiger partial charge on any atom is -0.379 e. The van der Waals surface area contributed by atoms with E-state index in [1.807, 2.05) is 0 Å². The van der Waals surface area contributed by atoms with E-state index in [4.69, 9.17) is 9.47 Å². The van der Waals surface area contributed by atoms with Crippen molar-refractivity contribution < 1.29 is 9.47 Å². The molecule has 0 radical (unpaired) electrons. The largest absolute Gasteiger partial charge is 0.379 e. The SMILES string of the molecule is C=C(CNCC)COCCOCC(C)C. The second-order valence-corrected chi connectivity index (χ2v) is 4.05. The van der Waals surface area contributed by atoms with Gasteiger partial charge in [-0.25, -0.2) is 0 Å². The molecule has 0 atom stereocenters. The van der Waals surface area contributed by atoms with Crippen molar-refractivity contribution in [1.29, 1.82) is 0 Å². The summed E-state index contributed by atoms with van der Waals surface area (Å²) in [6, 6.07) is 0. The van der Waals surface area contributed by atoms with E-state index in [-0.39, 0.29) is 0 Å². The normalized spacial score (nSPS) is 10.9. The van der Waals surface area contributed by atoms with Crippen molar-refractivity contribution in [3.8, 4) is 0 Å². The molecular formula is C12H25NO2. The lowest BCUT2D eigenvalue weighted by atomic mass is 10.2. The van der Waals surface area contributed by atoms with Crippen molar-refractivity contribution in [2.45, 2.75) is 20.8 Å². The van der Waals surface area contributed by atoms with Crippen molar-refractivity contribution in [1.82, 2.24) is 5.32 Å². The molecule has 3 nitrogen and oxygen atoms in total. The quantitative estimate of drug-likeness (QED) is 0.445. The minimum absolute atomic E-state index is 0.591. The summed E-state index contributed by atoms with van der Waals surface area (Å²) in [6.07, 6.45) is 0. The van der Waals surface area contributed by atoms with Crippen molar-refractivity contribution in [3.05, 3.63) is 12.2 Å². The maximum Gasteiger partial charge on any atom is 0.0704 e. The Labute approximate surface area is 93.8 Å². The molecule has 0 unspecified atom stereocenters. The molecule has 0 aliphatic heterocycles. The molecule has 0 aliphatic carbocycles. The van der Waals surface area contributed by atoms with Gasteiger partial charge in [-0.15, -0.1) is 0 Å². The summed E-state index contributed by atoms with van der Waals surface area (Å²) in [6.45, 7) is 14.8. The molecule has 0 saturated carbocycles. The van der Waals surface area contributed by atoms with Crippen LogP contribution in [0.3, 0.4) is 0 Å². The van der Waals surface area contributed by atoms with Crippen LogP contribution in [0.2, 0.25) is 0 Å². The Kier molecular flexibility index (Phi) is 9.89. The third kappa shape index (κ3) is 11.5. The monoisotopic (exact) mass is 215 g/mol. The zero-order valence-electron chi connectivity index (χ0n) is 10.3. The number of hydrogen-bond donors (Lipinski definition) is 1. The van der Waals surface area contributed by atoms with Crippen LogP contribution in [-0.4, -0.2) is 39.5 Å². The summed E-state index contributed by atoms with van der Waals surface area (Å²) in [5.74, 6) is 0.591. The van der Waals surface area contributed by atoms with E-state index in [2.05, 4.69) is 32.7 Å². The van der Waals surface area contributed by atoms with E-state index < -0.39 is 0 Å². The van der Waals surface area contributed by atoms with Crippen LogP contribution < -0.4 is 5.32 Å². The Morgan fingerprint density at radius 3 is 2.53 bits per heavy atom. The van der Waals surface area contributed by atoms with Gasteiger partial charge in [0.15, 0.2) is 0 Å². The van der Waals surface area contributed by atoms with Gasteiger partial charge in [-0.3, -0.25) is 0 Å². The zero-order chi connectivity index (χ0) is 11.5. The smallest absolute Gasteiger partial charge is 0.0704 e. The molecule has 0 aromatic heterocycles. The van der Waals surface area contributed by atoms with Crippen molar-refractivity contribution in [2.24, 2.45) is 5.92 Å². The van der Waals surface area contributed by atoms with E-state index in [0.717, 1.165) is 25.3 Å². The molecule has 90 valence electrons. The zero-order valence-corrected chi connectivity index (χ0v) is 10.3. The lowest BCUT2D eigenvalue weighted by Crippen LogP contribution is -2.18. The fraction of sp³-hybridized carbons (Fsp3) is 0.833. The topological polar surface area (TPSA) is 30.5 Å². The van der Waals surface area contributed by atoms with Crippen LogP contribution >= 0.6 is 0 Å². The third-order valence-corrected chi connectivity index (χ3v) is 1.75. The fourth-order valence-electron chi connectivity index (χ4n) is 1.01. The number of rotatable bonds is 10. The lowest BCUT2D eigenvalue weighted by molar-refractivity contribution is 0.0448. The molecule has 0 fully saturated rings. The van der Waals surface area contributed by atoms with Crippen LogP contribution in [0.25, 0.3) is 0 Å². The highest BCUT2D eigenvalue weighted by molar-refractivity contribution is 4.96. The summed E-state index contributed by atoms with van der Waals surface area (Å²) < 4.78 is 10.8. The fourth-order valence-corrected chi connectivity index (χ4v) is 1.01. The van der Waals surface area contributed by atoms with Crippen molar-refractivity contribution in [2.75, 3.05) is 39.5 Å². The highest BCUT2D eigenvalue weighted by Crippen LogP contribution is 1.93. The Balaban J connectivity index is 3.13. The molecule has 0 bridgehead atoms. The van der Waals surface area contributed by atoms with Gasteiger partial charge < -0.3 is 14.8 Å². The second-order valence-electron chi connectivity index (χ2n) is 4.05. The number of ether oxygens (including phenoxy) is 2. The van der Waals surface area contributed by atoms with Crippen LogP contribution in [0, 0.1) is 5.92 Å². The Hall–Kier alpha value is -0.380. The van der Waals surface area contributed by atoms with E-state index in [1.54, 1.807) is 0 Å². The molecule has 0 aromatic carbocycles. The van der Waals surface area contributed by atoms with Crippen LogP contribution in [-0.2, 0) is 9.47 Å². The number of hydrogen-bond acceptors (Lipinski definition) is 3. The maximum atomic E-state index is 5.41. The molecule has 1 N–H and O–H groups in total. The molecule has 0 rings (SSSR count). The molecule has 0 aliphatic rings. The molecule has 0 saturated heterocycles. The summed E-state index contributed by atoms with van der Waals surface area (Å²) >= 11 is 0. The Morgan fingerprint density at radius 1 is 1.27 bits per heavy atom. The van der Waals surface area contributed by atoms with Gasteiger partial charge in [0.1, 0.15) is 0 Å². The molecule has 3 heteroatoms. The van der Waals surface area contributed by atoms with Crippen LogP contribution in [0.4, 0.5) is 0 Å². The lowest BCUT2D eigenvalue weighted by Gasteiger charge is -2.09. The van der Waals surface area contributed by atoms with Gasteiger partial charge >= 0.3 is 0 Å². The summed E-state index contributed by atoms with van der Waals surface area (Å²) in [5, 5.41) is 3.20. The van der Waals surface area contributed by atoms with Gasteiger partial charge in [-0.05, 0) is 18.0 Å². The predicted octanol–water partition coefficient (Wildman–Crippen LogP) is 1.84. The molecule has 0 amide bonds. The van der Waals surface area contributed by atoms with Crippen molar-refractivity contribution in [3.63, 3.8) is 0 Å². The first-order valence-electron chi connectivity index (χ1n) is 5.69. The van der Waals surface area contributed by atoms with Crippen LogP contribution in [0.15, 0.2) is 12.2 Å². The first kappa shape index (κ1) is 14.6. The van der Waals surface area contributed by atoms with Gasteiger partial charge in [-0.1, -0.05) is 27.4 Å². The number of nitrogens with one attached hydrogen (secondary N) is 1. The van der Waals surface area contributed by atoms with Gasteiger partial charge in [0.25, 0.3) is 0 Å². The van der Waals surface area contributed by atoms with E-state index >= 15 is 0 Å². The minimum atomic E-state index is 0.591. The van der Waals surface area contributed by atoms with Crippen LogP contribution in [0.5, 0.6) is 0 Å². The average Bonchev–Trinajstić information content (AvgIpc) is 2.19. The Morgan fingerprint density at radius 2 is 1.93 bits per heavy atom. The third-order valence-electron chi connectivity index (χ3n) is 1.75. The van der Waals surface area contributed by atoms with Gasteiger partial charge in [0, 0.05) is 13.2 Å². The standard InChI is InChI=1S/C12H25NO2/c1-5-13-8-12(4)10-15-7-6-14-9-11(2)3/h11,13H,4-10H2,1-3H3. The first-order valence-corrected chi connectivity index (χ1v) is 5.69. The average molecular weight is 215 g/mol. The molecule has 15 heavy (non-hydrogen) atoms. The summed E-state index contributed by atoms with van der Waals surface area (Å²) in [4.78, 5) is 0. The van der Waals surface area contributed by atoms with Crippen molar-refractivity contribution >= 4 is 0 Å². The van der Waals surface area contributed by atoms with E-state index in [9.17, 15) is 0 Å². The molecule has 0 spiro atoms. The summed E-state index contributed by atoms with van der Waals surface area (Å²) in [7, 11) is 0. The highest BCUT2D eigenvalue weighted by atomic mass is 16.5. The number of likely N-dealkylation sites (N-methyl/N-ethyl adjacent to an activating group) is 1. The highest BCUT2D eigenvalue weighted by Gasteiger charge is 1.95. The maximum absolute atomic E-state index is 5.41. The van der Waals surface area contributed by atoms with Gasteiger partial charge in [-0.2, -0.15) is 0 Å². The Bertz CT molecular complexity index is 158. The van der Waals surface area contributed by atoms with Crippen LogP contribution in [0.1, 0.15) is 20.8 Å². The van der Waals surface area contributed by atoms with Gasteiger partial charge in [0.05, 0.1) is 19.8 Å². The van der Waals surface area contributed by atoms with Gasteiger partial charge in [0.2, 0.25) is 0 Å². The molecular weight excluding hydrogens is 190 g/mol. The predicted molar refractivity (Wildman–Crippen MR) is 64.2 cm³/mol.